The van der Waals surface area contributed by atoms with Crippen LogP contribution in [0.5, 0.6) is 0 Å². The summed E-state index contributed by atoms with van der Waals surface area (Å²) in [6.45, 7) is 0.599. The predicted molar refractivity (Wildman–Crippen MR) is 112 cm³/mol. The minimum Gasteiger partial charge on any atom is -0.459 e. The zero-order chi connectivity index (χ0) is 19.7. The van der Waals surface area contributed by atoms with Crippen molar-refractivity contribution < 1.29 is 14.0 Å². The van der Waals surface area contributed by atoms with Gasteiger partial charge in [-0.15, -0.1) is 0 Å². The van der Waals surface area contributed by atoms with E-state index in [0.717, 1.165) is 28.6 Å². The van der Waals surface area contributed by atoms with Crippen molar-refractivity contribution in [3.63, 3.8) is 0 Å². The fourth-order valence-electron chi connectivity index (χ4n) is 3.27. The molecule has 0 atom stereocenters. The maximum Gasteiger partial charge on any atom is 0.293 e. The zero-order valence-electron chi connectivity index (χ0n) is 14.7. The number of nitrogens with zero attached hydrogens (tertiary/aromatic N) is 1. The maximum atomic E-state index is 12.8. The molecule has 1 aliphatic heterocycles. The van der Waals surface area contributed by atoms with Crippen LogP contribution in [0.2, 0.25) is 5.02 Å². The minimum absolute atomic E-state index is 0.190. The third-order valence-electron chi connectivity index (χ3n) is 4.61. The van der Waals surface area contributed by atoms with Crippen LogP contribution in [-0.2, 0) is 6.42 Å². The Morgan fingerprint density at radius 1 is 1.14 bits per heavy atom. The molecule has 0 spiro atoms. The summed E-state index contributed by atoms with van der Waals surface area (Å²) < 4.78 is 6.03. The monoisotopic (exact) mass is 458 g/mol. The molecule has 0 saturated carbocycles. The van der Waals surface area contributed by atoms with Crippen molar-refractivity contribution >= 4 is 50.7 Å². The molecule has 0 aliphatic carbocycles. The highest BCUT2D eigenvalue weighted by Gasteiger charge is 2.25. The summed E-state index contributed by atoms with van der Waals surface area (Å²) in [6, 6.07) is 14.0. The summed E-state index contributed by atoms with van der Waals surface area (Å²) in [5.41, 5.74) is 2.81. The van der Waals surface area contributed by atoms with Crippen molar-refractivity contribution in [1.82, 2.24) is 0 Å². The van der Waals surface area contributed by atoms with Crippen LogP contribution in [0.25, 0.3) is 0 Å². The standard InChI is InChI=1S/C21H16BrClN2O3/c22-14-6-8-17(23)16(11-14)20(26)24-15-7-5-13-3-1-9-25(18(13)12-15)21(27)19-4-2-10-28-19/h2,4-8,10-12H,1,3,9H2,(H,24,26). The van der Waals surface area contributed by atoms with Crippen LogP contribution in [0.3, 0.4) is 0 Å². The summed E-state index contributed by atoms with van der Waals surface area (Å²) >= 11 is 9.50. The number of halogens is 2. The highest BCUT2D eigenvalue weighted by Crippen LogP contribution is 2.32. The number of carbonyl (C=O) groups is 2. The smallest absolute Gasteiger partial charge is 0.293 e. The van der Waals surface area contributed by atoms with E-state index in [0.29, 0.717) is 28.6 Å². The molecule has 0 fully saturated rings. The molecule has 1 aliphatic rings. The Balaban J connectivity index is 1.62. The first-order valence-corrected chi connectivity index (χ1v) is 9.95. The van der Waals surface area contributed by atoms with Gasteiger partial charge in [-0.3, -0.25) is 9.59 Å². The highest BCUT2D eigenvalue weighted by atomic mass is 79.9. The number of benzene rings is 2. The van der Waals surface area contributed by atoms with Crippen LogP contribution in [-0.4, -0.2) is 18.4 Å². The van der Waals surface area contributed by atoms with Gasteiger partial charge in [0.2, 0.25) is 0 Å². The quantitative estimate of drug-likeness (QED) is 0.559. The Kier molecular flexibility index (Phi) is 5.24. The number of anilines is 2. The number of hydrogen-bond acceptors (Lipinski definition) is 3. The Hall–Kier alpha value is -2.57. The first kappa shape index (κ1) is 18.8. The Bertz CT molecular complexity index is 1050. The number of aryl methyl sites for hydroxylation is 1. The van der Waals surface area contributed by atoms with E-state index in [1.807, 2.05) is 18.2 Å². The number of rotatable bonds is 3. The summed E-state index contributed by atoms with van der Waals surface area (Å²) in [5.74, 6) is -0.210. The van der Waals surface area contributed by atoms with Crippen molar-refractivity contribution in [3.8, 4) is 0 Å². The molecule has 2 amide bonds. The second kappa shape index (κ2) is 7.81. The number of carbonyl (C=O) groups excluding carboxylic acids is 2. The van der Waals surface area contributed by atoms with Crippen LogP contribution >= 0.6 is 27.5 Å². The van der Waals surface area contributed by atoms with Crippen molar-refractivity contribution in [2.24, 2.45) is 0 Å². The lowest BCUT2D eigenvalue weighted by atomic mass is 10.0. The van der Waals surface area contributed by atoms with Crippen molar-refractivity contribution in [1.29, 1.82) is 0 Å². The minimum atomic E-state index is -0.314. The Morgan fingerprint density at radius 2 is 2.00 bits per heavy atom. The van der Waals surface area contributed by atoms with Gasteiger partial charge < -0.3 is 14.6 Å². The first-order chi connectivity index (χ1) is 13.5. The maximum absolute atomic E-state index is 12.8. The van der Waals surface area contributed by atoms with Crippen LogP contribution in [0.4, 0.5) is 11.4 Å². The summed E-state index contributed by atoms with van der Waals surface area (Å²) in [6.07, 6.45) is 3.23. The normalized spacial score (nSPS) is 13.1. The SMILES string of the molecule is O=C(Nc1ccc2c(c1)N(C(=O)c1ccco1)CCC2)c1cc(Br)ccc1Cl. The molecule has 4 rings (SSSR count). The lowest BCUT2D eigenvalue weighted by Gasteiger charge is -2.29. The number of nitrogens with one attached hydrogen (secondary N) is 1. The van der Waals surface area contributed by atoms with Gasteiger partial charge in [-0.05, 0) is 60.9 Å². The lowest BCUT2D eigenvalue weighted by Crippen LogP contribution is -2.35. The van der Waals surface area contributed by atoms with E-state index in [4.69, 9.17) is 16.0 Å². The largest absolute Gasteiger partial charge is 0.459 e. The van der Waals surface area contributed by atoms with Gasteiger partial charge in [0.25, 0.3) is 11.8 Å². The molecule has 0 bridgehead atoms. The molecule has 1 N–H and O–H groups in total. The average molecular weight is 460 g/mol. The molecule has 5 nitrogen and oxygen atoms in total. The van der Waals surface area contributed by atoms with Crippen molar-refractivity contribution in [2.45, 2.75) is 12.8 Å². The molecule has 1 aromatic heterocycles. The third-order valence-corrected chi connectivity index (χ3v) is 5.43. The highest BCUT2D eigenvalue weighted by molar-refractivity contribution is 9.10. The molecular formula is C21H16BrClN2O3. The van der Waals surface area contributed by atoms with Gasteiger partial charge in [-0.25, -0.2) is 0 Å². The topological polar surface area (TPSA) is 62.6 Å². The van der Waals surface area contributed by atoms with E-state index in [1.54, 1.807) is 35.2 Å². The van der Waals surface area contributed by atoms with Crippen molar-refractivity contribution in [2.75, 3.05) is 16.8 Å². The lowest BCUT2D eigenvalue weighted by molar-refractivity contribution is 0.0958. The predicted octanol–water partition coefficient (Wildman–Crippen LogP) is 5.54. The molecule has 2 aromatic carbocycles. The molecule has 3 aromatic rings. The molecule has 2 heterocycles. The van der Waals surface area contributed by atoms with Crippen LogP contribution in [0, 0.1) is 0 Å². The van der Waals surface area contributed by atoms with Crippen molar-refractivity contribution in [3.05, 3.63) is 81.2 Å². The molecule has 0 radical (unpaired) electrons. The van der Waals surface area contributed by atoms with Gasteiger partial charge in [0.05, 0.1) is 16.8 Å². The number of amides is 2. The first-order valence-electron chi connectivity index (χ1n) is 8.77. The van der Waals surface area contributed by atoms with Gasteiger partial charge in [-0.1, -0.05) is 33.6 Å². The van der Waals surface area contributed by atoms with Gasteiger partial charge in [0.15, 0.2) is 5.76 Å². The second-order valence-electron chi connectivity index (χ2n) is 6.46. The summed E-state index contributed by atoms with van der Waals surface area (Å²) in [5, 5.41) is 3.23. The summed E-state index contributed by atoms with van der Waals surface area (Å²) in [4.78, 5) is 27.1. The molecule has 142 valence electrons. The Labute approximate surface area is 175 Å². The van der Waals surface area contributed by atoms with Gasteiger partial charge in [0.1, 0.15) is 0 Å². The van der Waals surface area contributed by atoms with E-state index >= 15 is 0 Å². The summed E-state index contributed by atoms with van der Waals surface area (Å²) in [7, 11) is 0. The fraction of sp³-hybridized carbons (Fsp3) is 0.143. The number of hydrogen-bond donors (Lipinski definition) is 1. The molecule has 0 saturated heterocycles. The average Bonchev–Trinajstić information content (AvgIpc) is 3.23. The number of furan rings is 1. The molecule has 7 heteroatoms. The Morgan fingerprint density at radius 3 is 2.79 bits per heavy atom. The zero-order valence-corrected chi connectivity index (χ0v) is 17.1. The van der Waals surface area contributed by atoms with Gasteiger partial charge in [-0.2, -0.15) is 0 Å². The van der Waals surface area contributed by atoms with Gasteiger partial charge >= 0.3 is 0 Å². The fourth-order valence-corrected chi connectivity index (χ4v) is 3.83. The van der Waals surface area contributed by atoms with E-state index in [9.17, 15) is 9.59 Å². The van der Waals surface area contributed by atoms with Crippen LogP contribution < -0.4 is 10.2 Å². The van der Waals surface area contributed by atoms with E-state index in [1.165, 1.54) is 6.26 Å². The third kappa shape index (κ3) is 3.70. The molecule has 28 heavy (non-hydrogen) atoms. The van der Waals surface area contributed by atoms with E-state index in [-0.39, 0.29) is 11.8 Å². The van der Waals surface area contributed by atoms with Gasteiger partial charge in [0, 0.05) is 22.4 Å². The van der Waals surface area contributed by atoms with Crippen LogP contribution in [0.15, 0.2) is 63.7 Å². The molecular weight excluding hydrogens is 444 g/mol. The van der Waals surface area contributed by atoms with E-state index in [2.05, 4.69) is 21.2 Å². The molecule has 0 unspecified atom stereocenters. The number of fused-ring (bicyclic) bond motifs is 1. The second-order valence-corrected chi connectivity index (χ2v) is 7.78. The van der Waals surface area contributed by atoms with Crippen LogP contribution in [0.1, 0.15) is 32.9 Å². The van der Waals surface area contributed by atoms with E-state index < -0.39 is 0 Å².